The predicted octanol–water partition coefficient (Wildman–Crippen LogP) is 2.93. The lowest BCUT2D eigenvalue weighted by Crippen LogP contribution is -2.22. The van der Waals surface area contributed by atoms with E-state index in [9.17, 15) is 18.0 Å². The number of halogens is 1. The van der Waals surface area contributed by atoms with E-state index in [1.807, 2.05) is 0 Å². The number of ketones is 1. The molecule has 1 aromatic carbocycles. The van der Waals surface area contributed by atoms with Crippen molar-refractivity contribution in [3.05, 3.63) is 28.8 Å². The first kappa shape index (κ1) is 17.7. The number of rotatable bonds is 6. The number of hydrogen-bond donors (Lipinski definition) is 1. The minimum absolute atomic E-state index is 0.206. The number of sulfonamides is 1. The van der Waals surface area contributed by atoms with Crippen molar-refractivity contribution in [2.45, 2.75) is 38.1 Å². The van der Waals surface area contributed by atoms with E-state index in [0.717, 1.165) is 31.8 Å². The SMILES string of the molecule is O=C=NS(=O)(=O)CC(=O)c1ccc(Cl)c(NC2CCCCC2)c1. The molecule has 1 fully saturated rings. The summed E-state index contributed by atoms with van der Waals surface area (Å²) in [6.07, 6.45) is 6.54. The molecule has 0 radical (unpaired) electrons. The van der Waals surface area contributed by atoms with Gasteiger partial charge in [0.1, 0.15) is 5.75 Å². The zero-order valence-electron chi connectivity index (χ0n) is 12.4. The highest BCUT2D eigenvalue weighted by molar-refractivity contribution is 7.90. The summed E-state index contributed by atoms with van der Waals surface area (Å²) in [5.41, 5.74) is 0.818. The molecule has 8 heteroatoms. The first-order valence-electron chi connectivity index (χ1n) is 7.32. The summed E-state index contributed by atoms with van der Waals surface area (Å²) in [5, 5.41) is 3.79. The van der Waals surface area contributed by atoms with Crippen LogP contribution in [0.4, 0.5) is 5.69 Å². The molecule has 1 aliphatic rings. The van der Waals surface area contributed by atoms with Crippen molar-refractivity contribution in [1.29, 1.82) is 0 Å². The van der Waals surface area contributed by atoms with E-state index in [2.05, 4.69) is 9.71 Å². The molecule has 1 N–H and O–H groups in total. The fourth-order valence-electron chi connectivity index (χ4n) is 2.61. The average molecular weight is 357 g/mol. The molecule has 0 aromatic heterocycles. The fourth-order valence-corrected chi connectivity index (χ4v) is 3.46. The van der Waals surface area contributed by atoms with Crippen LogP contribution < -0.4 is 5.32 Å². The quantitative estimate of drug-likeness (QED) is 0.480. The Morgan fingerprint density at radius 3 is 2.65 bits per heavy atom. The molecule has 0 atom stereocenters. The van der Waals surface area contributed by atoms with Crippen LogP contribution in [0.2, 0.25) is 5.02 Å². The van der Waals surface area contributed by atoms with Crippen LogP contribution in [0.1, 0.15) is 42.5 Å². The number of Topliss-reactive ketones (excluding diaryl/α,β-unsaturated/α-hetero) is 1. The molecule has 0 unspecified atom stereocenters. The molecule has 0 spiro atoms. The molecule has 0 amide bonds. The first-order valence-corrected chi connectivity index (χ1v) is 9.31. The summed E-state index contributed by atoms with van der Waals surface area (Å²) in [6, 6.07) is 4.85. The van der Waals surface area contributed by atoms with Crippen LogP contribution in [-0.4, -0.2) is 32.1 Å². The number of anilines is 1. The van der Waals surface area contributed by atoms with Gasteiger partial charge in [0.15, 0.2) is 5.78 Å². The average Bonchev–Trinajstić information content (AvgIpc) is 2.50. The van der Waals surface area contributed by atoms with Gasteiger partial charge in [0.05, 0.1) is 10.7 Å². The van der Waals surface area contributed by atoms with Crippen LogP contribution in [0.5, 0.6) is 0 Å². The maximum Gasteiger partial charge on any atom is 0.270 e. The largest absolute Gasteiger partial charge is 0.381 e. The standard InChI is InChI=1S/C15H17ClN2O4S/c16-13-7-6-11(15(20)9-23(21,22)17-10-19)8-14(13)18-12-4-2-1-3-5-12/h6-8,12,18H,1-5,9H2. The van der Waals surface area contributed by atoms with Crippen molar-refractivity contribution in [1.82, 2.24) is 0 Å². The van der Waals surface area contributed by atoms with Crippen LogP contribution in [0, 0.1) is 0 Å². The van der Waals surface area contributed by atoms with Crippen LogP contribution in [0.15, 0.2) is 22.6 Å². The normalized spacial score (nSPS) is 15.7. The maximum absolute atomic E-state index is 12.1. The number of nitrogens with one attached hydrogen (secondary N) is 1. The molecule has 124 valence electrons. The summed E-state index contributed by atoms with van der Waals surface area (Å²) in [4.78, 5) is 22.1. The van der Waals surface area contributed by atoms with E-state index in [1.165, 1.54) is 12.5 Å². The van der Waals surface area contributed by atoms with E-state index in [4.69, 9.17) is 11.6 Å². The third-order valence-corrected chi connectivity index (χ3v) is 5.05. The molecule has 0 bridgehead atoms. The van der Waals surface area contributed by atoms with Gasteiger partial charge in [-0.3, -0.25) is 4.79 Å². The molecule has 0 heterocycles. The Kier molecular flexibility index (Phi) is 5.93. The Bertz CT molecular complexity index is 736. The number of benzene rings is 1. The summed E-state index contributed by atoms with van der Waals surface area (Å²) in [7, 11) is -4.13. The van der Waals surface area contributed by atoms with E-state index in [-0.39, 0.29) is 5.56 Å². The molecule has 2 rings (SSSR count). The third-order valence-electron chi connectivity index (χ3n) is 3.74. The van der Waals surface area contributed by atoms with Crippen LogP contribution >= 0.6 is 11.6 Å². The van der Waals surface area contributed by atoms with Crippen LogP contribution in [-0.2, 0) is 14.8 Å². The van der Waals surface area contributed by atoms with Gasteiger partial charge in [-0.25, -0.2) is 13.2 Å². The fraction of sp³-hybridized carbons (Fsp3) is 0.467. The second-order valence-electron chi connectivity index (χ2n) is 5.51. The van der Waals surface area contributed by atoms with Crippen molar-refractivity contribution < 1.29 is 18.0 Å². The van der Waals surface area contributed by atoms with E-state index >= 15 is 0 Å². The van der Waals surface area contributed by atoms with Crippen molar-refractivity contribution >= 4 is 39.2 Å². The molecular weight excluding hydrogens is 340 g/mol. The number of nitrogens with zero attached hydrogens (tertiary/aromatic N) is 1. The van der Waals surface area contributed by atoms with Crippen molar-refractivity contribution in [2.24, 2.45) is 4.40 Å². The molecule has 6 nitrogen and oxygen atoms in total. The Labute approximate surface area is 140 Å². The molecule has 0 aliphatic heterocycles. The topological polar surface area (TPSA) is 92.7 Å². The Balaban J connectivity index is 2.15. The van der Waals surface area contributed by atoms with Crippen molar-refractivity contribution in [2.75, 3.05) is 11.1 Å². The van der Waals surface area contributed by atoms with Crippen molar-refractivity contribution in [3.8, 4) is 0 Å². The van der Waals surface area contributed by atoms with Gasteiger partial charge >= 0.3 is 0 Å². The Morgan fingerprint density at radius 2 is 2.00 bits per heavy atom. The molecular formula is C15H17ClN2O4S. The van der Waals surface area contributed by atoms with Gasteiger partial charge < -0.3 is 5.32 Å². The van der Waals surface area contributed by atoms with Gasteiger partial charge in [0.25, 0.3) is 16.1 Å². The smallest absolute Gasteiger partial charge is 0.270 e. The van der Waals surface area contributed by atoms with Gasteiger partial charge in [0, 0.05) is 11.6 Å². The van der Waals surface area contributed by atoms with Gasteiger partial charge in [-0.2, -0.15) is 0 Å². The number of carbonyl (C=O) groups is 1. The highest BCUT2D eigenvalue weighted by atomic mass is 35.5. The van der Waals surface area contributed by atoms with Gasteiger partial charge in [0.2, 0.25) is 0 Å². The summed E-state index contributed by atoms with van der Waals surface area (Å²) in [6.45, 7) is 0. The highest BCUT2D eigenvalue weighted by Crippen LogP contribution is 2.28. The van der Waals surface area contributed by atoms with Gasteiger partial charge in [-0.1, -0.05) is 35.3 Å². The monoisotopic (exact) mass is 356 g/mol. The predicted molar refractivity (Wildman–Crippen MR) is 88.2 cm³/mol. The van der Waals surface area contributed by atoms with Crippen LogP contribution in [0.25, 0.3) is 0 Å². The Hall–Kier alpha value is -1.69. The summed E-state index contributed by atoms with van der Waals surface area (Å²) < 4.78 is 25.4. The Morgan fingerprint density at radius 1 is 1.30 bits per heavy atom. The summed E-state index contributed by atoms with van der Waals surface area (Å²) in [5.74, 6) is -1.51. The molecule has 1 saturated carbocycles. The van der Waals surface area contributed by atoms with E-state index < -0.39 is 21.6 Å². The minimum Gasteiger partial charge on any atom is -0.381 e. The highest BCUT2D eigenvalue weighted by Gasteiger charge is 2.19. The van der Waals surface area contributed by atoms with E-state index in [0.29, 0.717) is 16.8 Å². The number of carbonyl (C=O) groups excluding carboxylic acids is 2. The van der Waals surface area contributed by atoms with Crippen molar-refractivity contribution in [3.63, 3.8) is 0 Å². The number of hydrogen-bond acceptors (Lipinski definition) is 5. The lowest BCUT2D eigenvalue weighted by atomic mass is 9.95. The zero-order valence-corrected chi connectivity index (χ0v) is 14.0. The molecule has 0 saturated heterocycles. The molecule has 1 aliphatic carbocycles. The third kappa shape index (κ3) is 5.16. The summed E-state index contributed by atoms with van der Waals surface area (Å²) >= 11 is 6.14. The van der Waals surface area contributed by atoms with Gasteiger partial charge in [-0.05, 0) is 31.0 Å². The van der Waals surface area contributed by atoms with E-state index in [1.54, 1.807) is 12.1 Å². The first-order chi connectivity index (χ1) is 10.9. The van der Waals surface area contributed by atoms with Crippen LogP contribution in [0.3, 0.4) is 0 Å². The van der Waals surface area contributed by atoms with Gasteiger partial charge in [-0.15, -0.1) is 0 Å². The second-order valence-corrected chi connectivity index (χ2v) is 7.55. The second kappa shape index (κ2) is 7.73. The lowest BCUT2D eigenvalue weighted by Gasteiger charge is -2.24. The molecule has 1 aromatic rings. The zero-order chi connectivity index (χ0) is 16.9. The maximum atomic E-state index is 12.1. The lowest BCUT2D eigenvalue weighted by molar-refractivity contribution is 0.102. The minimum atomic E-state index is -4.13. The molecule has 23 heavy (non-hydrogen) atoms. The number of isocyanates is 1.